The van der Waals surface area contributed by atoms with Crippen molar-refractivity contribution in [3.8, 4) is 0 Å². The maximum absolute atomic E-state index is 10.9. The molecule has 2 aromatic heterocycles. The van der Waals surface area contributed by atoms with Crippen LogP contribution in [-0.4, -0.2) is 26.3 Å². The maximum atomic E-state index is 10.9. The van der Waals surface area contributed by atoms with Crippen LogP contribution >= 0.6 is 0 Å². The summed E-state index contributed by atoms with van der Waals surface area (Å²) in [4.78, 5) is 14.8. The molecule has 0 aromatic carbocycles. The van der Waals surface area contributed by atoms with Gasteiger partial charge >= 0.3 is 5.97 Å². The van der Waals surface area contributed by atoms with Gasteiger partial charge in [-0.3, -0.25) is 9.78 Å². The molecular formula is C12H11N3O2. The van der Waals surface area contributed by atoms with E-state index in [2.05, 4.69) is 15.2 Å². The third-order valence-electron chi connectivity index (χ3n) is 2.44. The molecule has 1 atom stereocenters. The highest BCUT2D eigenvalue weighted by molar-refractivity contribution is 5.68. The number of hydrogen-bond donors (Lipinski definition) is 1. The Morgan fingerprint density at radius 3 is 2.59 bits per heavy atom. The highest BCUT2D eigenvalue weighted by Gasteiger charge is 2.19. The fourth-order valence-corrected chi connectivity index (χ4v) is 1.66. The molecule has 0 spiro atoms. The second-order valence-corrected chi connectivity index (χ2v) is 3.58. The molecule has 17 heavy (non-hydrogen) atoms. The summed E-state index contributed by atoms with van der Waals surface area (Å²) in [6.07, 6.45) is 4.83. The topological polar surface area (TPSA) is 76.0 Å². The lowest BCUT2D eigenvalue weighted by atomic mass is 9.93. The first-order valence-electron chi connectivity index (χ1n) is 5.16. The molecule has 0 saturated heterocycles. The van der Waals surface area contributed by atoms with E-state index < -0.39 is 5.97 Å². The van der Waals surface area contributed by atoms with Crippen molar-refractivity contribution in [3.05, 3.63) is 54.1 Å². The van der Waals surface area contributed by atoms with Crippen LogP contribution in [0.3, 0.4) is 0 Å². The molecule has 0 saturated carbocycles. The predicted octanol–water partition coefficient (Wildman–Crippen LogP) is 1.48. The lowest BCUT2D eigenvalue weighted by Crippen LogP contribution is -2.10. The van der Waals surface area contributed by atoms with Gasteiger partial charge in [0.2, 0.25) is 0 Å². The Balaban J connectivity index is 2.36. The predicted molar refractivity (Wildman–Crippen MR) is 60.4 cm³/mol. The van der Waals surface area contributed by atoms with E-state index in [0.717, 1.165) is 5.56 Å². The molecule has 2 rings (SSSR count). The Morgan fingerprint density at radius 1 is 1.24 bits per heavy atom. The molecule has 1 N–H and O–H groups in total. The molecule has 0 bridgehead atoms. The summed E-state index contributed by atoms with van der Waals surface area (Å²) in [7, 11) is 0. The Bertz CT molecular complexity index is 448. The quantitative estimate of drug-likeness (QED) is 0.859. The summed E-state index contributed by atoms with van der Waals surface area (Å²) >= 11 is 0. The van der Waals surface area contributed by atoms with Gasteiger partial charge in [-0.2, -0.15) is 10.2 Å². The molecule has 2 heterocycles. The van der Waals surface area contributed by atoms with Crippen molar-refractivity contribution in [3.63, 3.8) is 0 Å². The molecule has 0 aliphatic heterocycles. The molecule has 5 nitrogen and oxygen atoms in total. The Kier molecular flexibility index (Phi) is 3.40. The van der Waals surface area contributed by atoms with E-state index >= 15 is 0 Å². The van der Waals surface area contributed by atoms with Crippen molar-refractivity contribution in [1.82, 2.24) is 15.2 Å². The molecule has 0 aliphatic carbocycles. The third kappa shape index (κ3) is 2.84. The SMILES string of the molecule is O=C(O)CC(c1ccncc1)c1cccnn1. The van der Waals surface area contributed by atoms with Crippen LogP contribution in [0.2, 0.25) is 0 Å². The van der Waals surface area contributed by atoms with E-state index in [1.807, 2.05) is 0 Å². The van der Waals surface area contributed by atoms with E-state index in [1.165, 1.54) is 0 Å². The summed E-state index contributed by atoms with van der Waals surface area (Å²) in [5.74, 6) is -1.15. The summed E-state index contributed by atoms with van der Waals surface area (Å²) in [5.41, 5.74) is 1.53. The molecular weight excluding hydrogens is 218 g/mol. The number of hydrogen-bond acceptors (Lipinski definition) is 4. The largest absolute Gasteiger partial charge is 0.481 e. The van der Waals surface area contributed by atoms with Gasteiger partial charge in [0, 0.05) is 24.5 Å². The fourth-order valence-electron chi connectivity index (χ4n) is 1.66. The van der Waals surface area contributed by atoms with Crippen molar-refractivity contribution in [1.29, 1.82) is 0 Å². The van der Waals surface area contributed by atoms with Crippen LogP contribution < -0.4 is 0 Å². The minimum atomic E-state index is -0.863. The molecule has 5 heteroatoms. The van der Waals surface area contributed by atoms with Gasteiger partial charge in [-0.25, -0.2) is 0 Å². The van der Waals surface area contributed by atoms with Gasteiger partial charge in [0.25, 0.3) is 0 Å². The number of carbonyl (C=O) groups is 1. The molecule has 2 aromatic rings. The number of aliphatic carboxylic acids is 1. The van der Waals surface area contributed by atoms with Crippen molar-refractivity contribution in [2.45, 2.75) is 12.3 Å². The van der Waals surface area contributed by atoms with Crippen LogP contribution in [-0.2, 0) is 4.79 Å². The fraction of sp³-hybridized carbons (Fsp3) is 0.167. The average Bonchev–Trinajstić information content (AvgIpc) is 2.38. The van der Waals surface area contributed by atoms with Crippen molar-refractivity contribution < 1.29 is 9.90 Å². The van der Waals surface area contributed by atoms with Crippen LogP contribution in [0, 0.1) is 0 Å². The van der Waals surface area contributed by atoms with E-state index in [9.17, 15) is 4.79 Å². The molecule has 0 fully saturated rings. The lowest BCUT2D eigenvalue weighted by molar-refractivity contribution is -0.137. The Hall–Kier alpha value is -2.30. The molecule has 86 valence electrons. The third-order valence-corrected chi connectivity index (χ3v) is 2.44. The lowest BCUT2D eigenvalue weighted by Gasteiger charge is -2.13. The molecule has 0 amide bonds. The van der Waals surface area contributed by atoms with Crippen molar-refractivity contribution in [2.24, 2.45) is 0 Å². The number of carboxylic acid groups (broad SMARTS) is 1. The highest BCUT2D eigenvalue weighted by atomic mass is 16.4. The normalized spacial score (nSPS) is 12.0. The van der Waals surface area contributed by atoms with Crippen LogP contribution in [0.5, 0.6) is 0 Å². The summed E-state index contributed by atoms with van der Waals surface area (Å²) < 4.78 is 0. The van der Waals surface area contributed by atoms with E-state index in [1.54, 1.807) is 42.9 Å². The van der Waals surface area contributed by atoms with E-state index in [4.69, 9.17) is 5.11 Å². The average molecular weight is 229 g/mol. The number of rotatable bonds is 4. The van der Waals surface area contributed by atoms with Crippen LogP contribution in [0.15, 0.2) is 42.9 Å². The van der Waals surface area contributed by atoms with Gasteiger partial charge < -0.3 is 5.11 Å². The second kappa shape index (κ2) is 5.16. The Labute approximate surface area is 98.2 Å². The van der Waals surface area contributed by atoms with Gasteiger partial charge in [0.1, 0.15) is 0 Å². The zero-order chi connectivity index (χ0) is 12.1. The molecule has 0 aliphatic rings. The number of aromatic nitrogens is 3. The molecule has 1 unspecified atom stereocenters. The second-order valence-electron chi connectivity index (χ2n) is 3.58. The standard InChI is InChI=1S/C12H11N3O2/c16-12(17)8-10(9-3-6-13-7-4-9)11-2-1-5-14-15-11/h1-7,10H,8H2,(H,16,17). The van der Waals surface area contributed by atoms with Gasteiger partial charge in [-0.15, -0.1) is 0 Å². The van der Waals surface area contributed by atoms with Crippen LogP contribution in [0.1, 0.15) is 23.6 Å². The van der Waals surface area contributed by atoms with Crippen molar-refractivity contribution >= 4 is 5.97 Å². The monoisotopic (exact) mass is 229 g/mol. The van der Waals surface area contributed by atoms with Crippen LogP contribution in [0.4, 0.5) is 0 Å². The molecule has 0 radical (unpaired) electrons. The summed E-state index contributed by atoms with van der Waals surface area (Å²) in [6, 6.07) is 7.12. The van der Waals surface area contributed by atoms with E-state index in [0.29, 0.717) is 5.69 Å². The van der Waals surface area contributed by atoms with Gasteiger partial charge in [-0.1, -0.05) is 0 Å². The first-order chi connectivity index (χ1) is 8.27. The van der Waals surface area contributed by atoms with Crippen molar-refractivity contribution in [2.75, 3.05) is 0 Å². The first-order valence-corrected chi connectivity index (χ1v) is 5.16. The van der Waals surface area contributed by atoms with Gasteiger partial charge in [-0.05, 0) is 29.8 Å². The zero-order valence-corrected chi connectivity index (χ0v) is 9.02. The van der Waals surface area contributed by atoms with Gasteiger partial charge in [0.15, 0.2) is 0 Å². The zero-order valence-electron chi connectivity index (χ0n) is 9.02. The summed E-state index contributed by atoms with van der Waals surface area (Å²) in [6.45, 7) is 0. The first kappa shape index (κ1) is 11.2. The van der Waals surface area contributed by atoms with Gasteiger partial charge in [0.05, 0.1) is 12.1 Å². The van der Waals surface area contributed by atoms with E-state index in [-0.39, 0.29) is 12.3 Å². The Morgan fingerprint density at radius 2 is 2.00 bits per heavy atom. The summed E-state index contributed by atoms with van der Waals surface area (Å²) in [5, 5.41) is 16.7. The highest BCUT2D eigenvalue weighted by Crippen LogP contribution is 2.25. The number of nitrogens with zero attached hydrogens (tertiary/aromatic N) is 3. The maximum Gasteiger partial charge on any atom is 0.304 e. The minimum absolute atomic E-state index is 0.0112. The minimum Gasteiger partial charge on any atom is -0.481 e. The number of pyridine rings is 1. The number of carboxylic acids is 1. The van der Waals surface area contributed by atoms with Crippen LogP contribution in [0.25, 0.3) is 0 Å². The smallest absolute Gasteiger partial charge is 0.304 e.